The number of methoxy groups -OCH3 is 2. The number of ether oxygens (including phenoxy) is 5. The first kappa shape index (κ1) is 24.7. The number of benzene rings is 2. The van der Waals surface area contributed by atoms with Gasteiger partial charge in [0.15, 0.2) is 17.5 Å². The Labute approximate surface area is 219 Å². The molecule has 196 valence electrons. The number of halogens is 1. The van der Waals surface area contributed by atoms with Crippen LogP contribution < -0.4 is 9.47 Å². The first-order valence-corrected chi connectivity index (χ1v) is 13.0. The van der Waals surface area contributed by atoms with Crippen LogP contribution in [0.25, 0.3) is 10.8 Å². The van der Waals surface area contributed by atoms with E-state index < -0.39 is 35.3 Å². The molecule has 2 N–H and O–H groups in total. The van der Waals surface area contributed by atoms with E-state index in [0.717, 1.165) is 0 Å². The number of fused-ring (bicyclic) bond motifs is 6. The zero-order chi connectivity index (χ0) is 26.5. The van der Waals surface area contributed by atoms with Gasteiger partial charge in [-0.1, -0.05) is 15.9 Å². The van der Waals surface area contributed by atoms with Gasteiger partial charge >= 0.3 is 0 Å². The van der Waals surface area contributed by atoms with Gasteiger partial charge in [0, 0.05) is 35.4 Å². The molecular weight excluding hydrogens is 552 g/mol. The topological polar surface area (TPSA) is 138 Å². The molecule has 0 amide bonds. The van der Waals surface area contributed by atoms with E-state index in [1.54, 1.807) is 0 Å². The monoisotopic (exact) mass is 576 g/mol. The summed E-state index contributed by atoms with van der Waals surface area (Å²) >= 11 is 3.28. The zero-order valence-electron chi connectivity index (χ0n) is 20.3. The summed E-state index contributed by atoms with van der Waals surface area (Å²) in [7, 11) is 2.82. The van der Waals surface area contributed by atoms with E-state index in [1.165, 1.54) is 14.2 Å². The number of ketones is 1. The number of phenolic OH excluding ortho intramolecular Hbond substituents is 1. The Morgan fingerprint density at radius 2 is 1.97 bits per heavy atom. The van der Waals surface area contributed by atoms with Crippen LogP contribution in [0.1, 0.15) is 46.0 Å². The molecule has 5 atom stereocenters. The second-order valence-corrected chi connectivity index (χ2v) is 10.4. The summed E-state index contributed by atoms with van der Waals surface area (Å²) in [5.74, 6) is -5.35. The van der Waals surface area contributed by atoms with Crippen molar-refractivity contribution in [3.63, 3.8) is 0 Å². The molecule has 37 heavy (non-hydrogen) atoms. The molecule has 2 bridgehead atoms. The molecule has 2 fully saturated rings. The fourth-order valence-corrected chi connectivity index (χ4v) is 7.46. The molecule has 0 saturated carbocycles. The van der Waals surface area contributed by atoms with Gasteiger partial charge in [-0.05, 0) is 31.4 Å². The Morgan fingerprint density at radius 3 is 2.59 bits per heavy atom. The first-order valence-electron chi connectivity index (χ1n) is 11.9. The lowest BCUT2D eigenvalue weighted by atomic mass is 9.73. The minimum absolute atomic E-state index is 0.141. The number of Topliss-reactive ketones (excluding diaryl/α,β-unsaturated/α-hetero) is 1. The minimum Gasteiger partial charge on any atom is -0.506 e. The van der Waals surface area contributed by atoms with Crippen LogP contribution in [-0.2, 0) is 30.2 Å². The second kappa shape index (κ2) is 7.97. The fraction of sp³-hybridized carbons (Fsp3) is 0.500. The number of rotatable bonds is 6. The van der Waals surface area contributed by atoms with Crippen molar-refractivity contribution in [2.24, 2.45) is 5.92 Å². The highest BCUT2D eigenvalue weighted by molar-refractivity contribution is 9.09. The summed E-state index contributed by atoms with van der Waals surface area (Å²) in [4.78, 5) is 36.7. The van der Waals surface area contributed by atoms with Crippen molar-refractivity contribution in [3.05, 3.63) is 28.3 Å². The van der Waals surface area contributed by atoms with Crippen LogP contribution in [0.15, 0.2) is 6.07 Å². The summed E-state index contributed by atoms with van der Waals surface area (Å²) < 4.78 is 30.5. The van der Waals surface area contributed by atoms with Gasteiger partial charge in [-0.2, -0.15) is 0 Å². The predicted molar refractivity (Wildman–Crippen MR) is 130 cm³/mol. The van der Waals surface area contributed by atoms with Crippen molar-refractivity contribution in [1.82, 2.24) is 0 Å². The number of alkyl halides is 1. The maximum absolute atomic E-state index is 12.9. The number of phenols is 1. The lowest BCUT2D eigenvalue weighted by Gasteiger charge is -2.53. The van der Waals surface area contributed by atoms with Crippen LogP contribution in [0.4, 0.5) is 0 Å². The summed E-state index contributed by atoms with van der Waals surface area (Å²) in [6.07, 6.45) is 0.231. The van der Waals surface area contributed by atoms with E-state index in [1.807, 2.05) is 13.0 Å². The normalized spacial score (nSPS) is 33.3. The highest BCUT2D eigenvalue weighted by Crippen LogP contribution is 2.68. The van der Waals surface area contributed by atoms with E-state index in [0.29, 0.717) is 59.7 Å². The Bertz CT molecular complexity index is 1380. The maximum Gasteiger partial charge on any atom is 0.275 e. The molecule has 3 unspecified atom stereocenters. The first-order chi connectivity index (χ1) is 17.7. The molecule has 2 aromatic rings. The number of carbonyl (C=O) groups excluding carboxylic acids is 3. The third kappa shape index (κ3) is 2.61. The van der Waals surface area contributed by atoms with Crippen molar-refractivity contribution < 1.29 is 48.3 Å². The molecular formula is C26H25BrO10. The Hall–Kier alpha value is -2.57. The lowest BCUT2D eigenvalue weighted by molar-refractivity contribution is -0.349. The highest BCUT2D eigenvalue weighted by atomic mass is 79.9. The lowest BCUT2D eigenvalue weighted by Crippen LogP contribution is -2.75. The third-order valence-corrected chi connectivity index (χ3v) is 9.12. The largest absolute Gasteiger partial charge is 0.506 e. The van der Waals surface area contributed by atoms with Crippen molar-refractivity contribution in [1.29, 1.82) is 0 Å². The van der Waals surface area contributed by atoms with Gasteiger partial charge in [0.05, 0.1) is 18.1 Å². The molecule has 0 spiro atoms. The van der Waals surface area contributed by atoms with Gasteiger partial charge in [-0.15, -0.1) is 0 Å². The van der Waals surface area contributed by atoms with Crippen molar-refractivity contribution in [2.45, 2.75) is 55.6 Å². The maximum atomic E-state index is 12.9. The molecule has 3 aliphatic heterocycles. The molecule has 10 nitrogen and oxygen atoms in total. The molecule has 6 rings (SSSR count). The molecule has 0 radical (unpaired) electrons. The summed E-state index contributed by atoms with van der Waals surface area (Å²) in [6.45, 7) is 1.82. The predicted octanol–water partition coefficient (Wildman–Crippen LogP) is 2.42. The zero-order valence-corrected chi connectivity index (χ0v) is 21.9. The quantitative estimate of drug-likeness (QED) is 0.299. The van der Waals surface area contributed by atoms with Gasteiger partial charge < -0.3 is 43.5 Å². The van der Waals surface area contributed by atoms with Gasteiger partial charge in [-0.3, -0.25) is 4.79 Å². The minimum atomic E-state index is -2.17. The van der Waals surface area contributed by atoms with Gasteiger partial charge in [0.1, 0.15) is 41.8 Å². The number of aromatic hydroxyl groups is 1. The molecule has 4 aliphatic rings. The SMILES string of the molecule is COc1c2c(c(O)c3c4c(c(C)cc13)C1OC3(C(C=O)C=O)OC1[C@@](OC)(O4)[C@@]3(O)CBr)C(=O)CCC2. The number of aryl methyl sites for hydroxylation is 1. The number of aldehydes is 2. The number of carbonyl (C=O) groups is 3. The number of hydrogen-bond acceptors (Lipinski definition) is 10. The average Bonchev–Trinajstić information content (AvgIpc) is 3.39. The van der Waals surface area contributed by atoms with Crippen LogP contribution in [-0.4, -0.2) is 71.4 Å². The molecule has 0 aromatic heterocycles. The summed E-state index contributed by atoms with van der Waals surface area (Å²) in [6, 6.07) is 1.81. The number of hydrogen-bond donors (Lipinski definition) is 2. The van der Waals surface area contributed by atoms with Crippen LogP contribution in [0.5, 0.6) is 17.2 Å². The summed E-state index contributed by atoms with van der Waals surface area (Å²) in [5, 5.41) is 24.0. The van der Waals surface area contributed by atoms with Gasteiger partial charge in [0.2, 0.25) is 5.79 Å². The summed E-state index contributed by atoms with van der Waals surface area (Å²) in [5.41, 5.74) is -0.166. The number of aliphatic hydroxyl groups is 1. The smallest absolute Gasteiger partial charge is 0.275 e. The third-order valence-electron chi connectivity index (χ3n) is 8.31. The average molecular weight is 577 g/mol. The van der Waals surface area contributed by atoms with Gasteiger partial charge in [0.25, 0.3) is 5.79 Å². The van der Waals surface area contributed by atoms with Crippen molar-refractivity contribution >= 4 is 45.1 Å². The van der Waals surface area contributed by atoms with E-state index in [2.05, 4.69) is 15.9 Å². The van der Waals surface area contributed by atoms with Crippen molar-refractivity contribution in [3.8, 4) is 17.2 Å². The van der Waals surface area contributed by atoms with E-state index >= 15 is 0 Å². The van der Waals surface area contributed by atoms with E-state index in [9.17, 15) is 24.6 Å². The van der Waals surface area contributed by atoms with E-state index in [-0.39, 0.29) is 33.6 Å². The van der Waals surface area contributed by atoms with Gasteiger partial charge in [-0.25, -0.2) is 0 Å². The highest BCUT2D eigenvalue weighted by Gasteiger charge is 2.86. The standard InChI is InChI=1S/C26H25BrO10/c1-11-7-14-18(19(31)17-13(20(14)33-2)5-4-6-15(17)30)21-16(11)22-23-26(34-3,35-21)24(32,10-27)25(36-22,37-23)12(8-28)9-29/h7-9,12,22-23,31-32H,4-6,10H2,1-3H3/t22?,23?,24-,25?,26-/m1/s1. The van der Waals surface area contributed by atoms with Crippen molar-refractivity contribution in [2.75, 3.05) is 19.5 Å². The molecule has 2 saturated heterocycles. The molecule has 11 heteroatoms. The molecule has 1 aliphatic carbocycles. The van der Waals surface area contributed by atoms with Crippen LogP contribution >= 0.6 is 15.9 Å². The fourth-order valence-electron chi connectivity index (χ4n) is 6.68. The van der Waals surface area contributed by atoms with Crippen LogP contribution in [0.2, 0.25) is 0 Å². The van der Waals surface area contributed by atoms with Crippen LogP contribution in [0.3, 0.4) is 0 Å². The molecule has 2 aromatic carbocycles. The molecule has 3 heterocycles. The van der Waals surface area contributed by atoms with E-state index in [4.69, 9.17) is 23.7 Å². The Balaban J connectivity index is 1.70. The Kier molecular flexibility index (Phi) is 5.33. The second-order valence-electron chi connectivity index (χ2n) is 9.88. The van der Waals surface area contributed by atoms with Crippen LogP contribution in [0, 0.1) is 12.8 Å². The Morgan fingerprint density at radius 1 is 1.24 bits per heavy atom.